The fourth-order valence-electron chi connectivity index (χ4n) is 1.88. The first-order chi connectivity index (χ1) is 9.47. The van der Waals surface area contributed by atoms with E-state index in [4.69, 9.17) is 0 Å². The summed E-state index contributed by atoms with van der Waals surface area (Å²) in [5.41, 5.74) is 3.99. The van der Waals surface area contributed by atoms with Crippen molar-refractivity contribution in [2.45, 2.75) is 25.7 Å². The molecule has 1 atom stereocenters. The lowest BCUT2D eigenvalue weighted by molar-refractivity contribution is 0.102. The third-order valence-corrected chi connectivity index (χ3v) is 4.68. The monoisotopic (exact) mass is 286 g/mol. The van der Waals surface area contributed by atoms with Gasteiger partial charge in [0, 0.05) is 10.5 Å². The third-order valence-electron chi connectivity index (χ3n) is 3.38. The maximum absolute atomic E-state index is 12.2. The molecule has 2 aromatic rings. The van der Waals surface area contributed by atoms with E-state index in [1.54, 1.807) is 12.1 Å². The molecule has 104 valence electrons. The van der Waals surface area contributed by atoms with Crippen LogP contribution in [0.5, 0.6) is 0 Å². The number of carbonyl (C=O) groups is 1. The van der Waals surface area contributed by atoms with Crippen LogP contribution < -0.4 is 0 Å². The van der Waals surface area contributed by atoms with Crippen molar-refractivity contribution in [2.24, 2.45) is 0 Å². The van der Waals surface area contributed by atoms with Gasteiger partial charge in [0.2, 0.25) is 0 Å². The molecule has 0 aromatic heterocycles. The molecule has 0 aliphatic heterocycles. The first-order valence-electron chi connectivity index (χ1n) is 6.53. The quantitative estimate of drug-likeness (QED) is 0.805. The van der Waals surface area contributed by atoms with E-state index in [0.29, 0.717) is 10.5 Å². The molecule has 0 aliphatic carbocycles. The molecule has 2 aromatic carbocycles. The average molecular weight is 286 g/mol. The van der Waals surface area contributed by atoms with Gasteiger partial charge in [-0.05, 0) is 44.0 Å². The Morgan fingerprint density at radius 1 is 0.950 bits per heavy atom. The Balaban J connectivity index is 2.13. The van der Waals surface area contributed by atoms with Gasteiger partial charge in [-0.1, -0.05) is 35.9 Å². The summed E-state index contributed by atoms with van der Waals surface area (Å²) >= 11 is 0. The molecule has 0 saturated carbocycles. The number of rotatable bonds is 4. The molecular weight excluding hydrogens is 268 g/mol. The molecule has 0 saturated heterocycles. The molecule has 0 radical (unpaired) electrons. The molecule has 0 N–H and O–H groups in total. The Morgan fingerprint density at radius 3 is 2.20 bits per heavy atom. The van der Waals surface area contributed by atoms with Gasteiger partial charge < -0.3 is 0 Å². The molecule has 1 unspecified atom stereocenters. The molecule has 0 bridgehead atoms. The molecule has 0 fully saturated rings. The van der Waals surface area contributed by atoms with E-state index >= 15 is 0 Å². The minimum Gasteiger partial charge on any atom is -0.293 e. The maximum Gasteiger partial charge on any atom is 0.175 e. The summed E-state index contributed by atoms with van der Waals surface area (Å²) in [6.07, 6.45) is 0. The van der Waals surface area contributed by atoms with Crippen molar-refractivity contribution in [1.82, 2.24) is 0 Å². The van der Waals surface area contributed by atoms with Crippen LogP contribution in [0.1, 0.15) is 27.0 Å². The number of hydrogen-bond acceptors (Lipinski definition) is 2. The van der Waals surface area contributed by atoms with Gasteiger partial charge in [0.1, 0.15) is 0 Å². The average Bonchev–Trinajstić information content (AvgIpc) is 2.42. The SMILES string of the molecule is Cc1ccc(C(=O)CS(=O)c2ccc(C)c(C)c2)cc1. The largest absolute Gasteiger partial charge is 0.293 e. The first-order valence-corrected chi connectivity index (χ1v) is 7.85. The van der Waals surface area contributed by atoms with Gasteiger partial charge in [0.05, 0.1) is 16.6 Å². The van der Waals surface area contributed by atoms with Crippen LogP contribution in [0, 0.1) is 20.8 Å². The lowest BCUT2D eigenvalue weighted by Crippen LogP contribution is -2.11. The van der Waals surface area contributed by atoms with Crippen LogP contribution in [-0.4, -0.2) is 15.7 Å². The highest BCUT2D eigenvalue weighted by Gasteiger charge is 2.12. The van der Waals surface area contributed by atoms with Gasteiger partial charge in [-0.15, -0.1) is 0 Å². The molecule has 2 nitrogen and oxygen atoms in total. The highest BCUT2D eigenvalue weighted by atomic mass is 32.2. The van der Waals surface area contributed by atoms with E-state index in [9.17, 15) is 9.00 Å². The number of benzene rings is 2. The van der Waals surface area contributed by atoms with Gasteiger partial charge in [-0.2, -0.15) is 0 Å². The van der Waals surface area contributed by atoms with Gasteiger partial charge >= 0.3 is 0 Å². The van der Waals surface area contributed by atoms with Crippen LogP contribution in [0.2, 0.25) is 0 Å². The Morgan fingerprint density at radius 2 is 1.60 bits per heavy atom. The Bertz CT molecular complexity index is 657. The van der Waals surface area contributed by atoms with Crippen LogP contribution in [0.15, 0.2) is 47.4 Å². The van der Waals surface area contributed by atoms with E-state index < -0.39 is 10.8 Å². The molecule has 0 heterocycles. The Hall–Kier alpha value is -1.74. The zero-order valence-electron chi connectivity index (χ0n) is 12.0. The predicted octanol–water partition coefficient (Wildman–Crippen LogP) is 3.60. The first kappa shape index (κ1) is 14.7. The van der Waals surface area contributed by atoms with Gasteiger partial charge in [0.25, 0.3) is 0 Å². The minimum atomic E-state index is -1.29. The van der Waals surface area contributed by atoms with E-state index in [1.165, 1.54) is 0 Å². The number of carbonyl (C=O) groups excluding carboxylic acids is 1. The lowest BCUT2D eigenvalue weighted by atomic mass is 10.1. The van der Waals surface area contributed by atoms with Crippen molar-refractivity contribution >= 4 is 16.6 Å². The molecule has 0 spiro atoms. The van der Waals surface area contributed by atoms with Gasteiger partial charge in [-0.25, -0.2) is 0 Å². The van der Waals surface area contributed by atoms with Crippen molar-refractivity contribution in [2.75, 3.05) is 5.75 Å². The summed E-state index contributed by atoms with van der Waals surface area (Å²) in [5.74, 6) is -0.0486. The summed E-state index contributed by atoms with van der Waals surface area (Å²) in [6.45, 7) is 5.97. The predicted molar refractivity (Wildman–Crippen MR) is 82.7 cm³/mol. The number of hydrogen-bond donors (Lipinski definition) is 0. The highest BCUT2D eigenvalue weighted by Crippen LogP contribution is 2.14. The van der Waals surface area contributed by atoms with Crippen molar-refractivity contribution in [3.63, 3.8) is 0 Å². The summed E-state index contributed by atoms with van der Waals surface area (Å²) in [7, 11) is -1.29. The van der Waals surface area contributed by atoms with E-state index in [2.05, 4.69) is 0 Å². The maximum atomic E-state index is 12.2. The highest BCUT2D eigenvalue weighted by molar-refractivity contribution is 7.85. The van der Waals surface area contributed by atoms with Crippen LogP contribution in [0.3, 0.4) is 0 Å². The summed E-state index contributed by atoms with van der Waals surface area (Å²) in [6, 6.07) is 13.0. The molecular formula is C17H18O2S. The van der Waals surface area contributed by atoms with Gasteiger partial charge in [-0.3, -0.25) is 9.00 Å². The van der Waals surface area contributed by atoms with Crippen LogP contribution in [0.4, 0.5) is 0 Å². The number of Topliss-reactive ketones (excluding diaryl/α,β-unsaturated/α-hetero) is 1. The zero-order chi connectivity index (χ0) is 14.7. The molecule has 2 rings (SSSR count). The zero-order valence-corrected chi connectivity index (χ0v) is 12.8. The minimum absolute atomic E-state index is 0.0333. The molecule has 0 aliphatic rings. The van der Waals surface area contributed by atoms with E-state index in [-0.39, 0.29) is 11.5 Å². The van der Waals surface area contributed by atoms with Crippen LogP contribution in [-0.2, 0) is 10.8 Å². The van der Waals surface area contributed by atoms with Crippen LogP contribution in [0.25, 0.3) is 0 Å². The number of aryl methyl sites for hydroxylation is 3. The topological polar surface area (TPSA) is 34.1 Å². The second kappa shape index (κ2) is 6.14. The standard InChI is InChI=1S/C17H18O2S/c1-12-4-7-15(8-5-12)17(18)11-20(19)16-9-6-13(2)14(3)10-16/h4-10H,11H2,1-3H3. The van der Waals surface area contributed by atoms with Crippen molar-refractivity contribution in [1.29, 1.82) is 0 Å². The fraction of sp³-hybridized carbons (Fsp3) is 0.235. The van der Waals surface area contributed by atoms with E-state index in [1.807, 2.05) is 51.1 Å². The smallest absolute Gasteiger partial charge is 0.175 e. The Kier molecular flexibility index (Phi) is 4.50. The summed E-state index contributed by atoms with van der Waals surface area (Å²) in [4.78, 5) is 12.8. The molecule has 0 amide bonds. The third kappa shape index (κ3) is 3.42. The van der Waals surface area contributed by atoms with E-state index in [0.717, 1.165) is 16.7 Å². The molecule has 20 heavy (non-hydrogen) atoms. The lowest BCUT2D eigenvalue weighted by Gasteiger charge is -2.05. The van der Waals surface area contributed by atoms with Crippen molar-refractivity contribution in [3.8, 4) is 0 Å². The molecule has 3 heteroatoms. The number of ketones is 1. The summed E-state index contributed by atoms with van der Waals surface area (Å²) < 4.78 is 12.2. The van der Waals surface area contributed by atoms with Crippen molar-refractivity contribution in [3.05, 3.63) is 64.7 Å². The van der Waals surface area contributed by atoms with Crippen molar-refractivity contribution < 1.29 is 9.00 Å². The van der Waals surface area contributed by atoms with Gasteiger partial charge in [0.15, 0.2) is 5.78 Å². The Labute approximate surface area is 122 Å². The fourth-order valence-corrected chi connectivity index (χ4v) is 2.98. The van der Waals surface area contributed by atoms with Crippen LogP contribution >= 0.6 is 0 Å². The normalized spacial score (nSPS) is 12.2. The second-order valence-corrected chi connectivity index (χ2v) is 6.48. The summed E-state index contributed by atoms with van der Waals surface area (Å²) in [5, 5.41) is 0. The second-order valence-electron chi connectivity index (χ2n) is 5.03.